The molecule has 0 spiro atoms. The predicted molar refractivity (Wildman–Crippen MR) is 76.5 cm³/mol. The molecule has 0 radical (unpaired) electrons. The molecule has 0 unspecified atom stereocenters. The van der Waals surface area contributed by atoms with Crippen molar-refractivity contribution in [2.75, 3.05) is 32.8 Å². The second-order valence-corrected chi connectivity index (χ2v) is 6.57. The molecule has 3 fully saturated rings. The number of hydrogen-bond acceptors (Lipinski definition) is 4. The average molecular weight is 304 g/mol. The summed E-state index contributed by atoms with van der Waals surface area (Å²) in [6.45, 7) is 2.54. The molecule has 0 aromatic rings. The third-order valence-electron chi connectivity index (χ3n) is 5.47. The van der Waals surface area contributed by atoms with Crippen LogP contribution in [0.1, 0.15) is 12.8 Å². The number of morpholine rings is 1. The molecule has 2 aliphatic carbocycles. The molecule has 3 amide bonds. The SMILES string of the molecule is O=C(CCN1C(=O)[C@@H]2[C@H](C1=O)[C@H]1C=C[C@@H]2C1)N1CCOCC1. The Morgan fingerprint density at radius 2 is 1.68 bits per heavy atom. The molecule has 2 bridgehead atoms. The summed E-state index contributed by atoms with van der Waals surface area (Å²) in [5.74, 6) is -0.00919. The molecule has 6 heteroatoms. The van der Waals surface area contributed by atoms with E-state index in [1.165, 1.54) is 4.90 Å². The van der Waals surface area contributed by atoms with Crippen molar-refractivity contribution in [3.05, 3.63) is 12.2 Å². The highest BCUT2D eigenvalue weighted by molar-refractivity contribution is 6.06. The maximum absolute atomic E-state index is 12.5. The smallest absolute Gasteiger partial charge is 0.233 e. The molecule has 1 saturated carbocycles. The quantitative estimate of drug-likeness (QED) is 0.545. The number of amides is 3. The molecular formula is C16H20N2O4. The highest BCUT2D eigenvalue weighted by Gasteiger charge is 2.59. The Morgan fingerprint density at radius 1 is 1.09 bits per heavy atom. The van der Waals surface area contributed by atoms with Gasteiger partial charge in [-0.3, -0.25) is 19.3 Å². The van der Waals surface area contributed by atoms with Gasteiger partial charge in [-0.25, -0.2) is 0 Å². The molecule has 0 aromatic heterocycles. The summed E-state index contributed by atoms with van der Waals surface area (Å²) >= 11 is 0. The van der Waals surface area contributed by atoms with E-state index in [9.17, 15) is 14.4 Å². The van der Waals surface area contributed by atoms with E-state index in [1.54, 1.807) is 4.90 Å². The number of fused-ring (bicyclic) bond motifs is 5. The van der Waals surface area contributed by atoms with E-state index in [4.69, 9.17) is 4.74 Å². The molecule has 22 heavy (non-hydrogen) atoms. The maximum Gasteiger partial charge on any atom is 0.233 e. The van der Waals surface area contributed by atoms with Crippen LogP contribution in [0.15, 0.2) is 12.2 Å². The van der Waals surface area contributed by atoms with Crippen LogP contribution >= 0.6 is 0 Å². The van der Waals surface area contributed by atoms with Gasteiger partial charge in [-0.05, 0) is 18.3 Å². The van der Waals surface area contributed by atoms with Gasteiger partial charge in [0, 0.05) is 26.1 Å². The summed E-state index contributed by atoms with van der Waals surface area (Å²) in [5.41, 5.74) is 0. The second kappa shape index (κ2) is 5.19. The van der Waals surface area contributed by atoms with Gasteiger partial charge in [0.1, 0.15) is 0 Å². The predicted octanol–water partition coefficient (Wildman–Crippen LogP) is 0.0424. The first-order chi connectivity index (χ1) is 10.7. The van der Waals surface area contributed by atoms with Crippen molar-refractivity contribution in [3.8, 4) is 0 Å². The lowest BCUT2D eigenvalue weighted by molar-refractivity contribution is -0.142. The van der Waals surface area contributed by atoms with Crippen LogP contribution in [0.2, 0.25) is 0 Å². The lowest BCUT2D eigenvalue weighted by atomic mass is 9.85. The Hall–Kier alpha value is -1.69. The van der Waals surface area contributed by atoms with Gasteiger partial charge in [0.2, 0.25) is 17.7 Å². The molecule has 4 rings (SSSR count). The van der Waals surface area contributed by atoms with E-state index in [1.807, 2.05) is 0 Å². The van der Waals surface area contributed by atoms with Gasteiger partial charge in [-0.1, -0.05) is 12.2 Å². The third kappa shape index (κ3) is 2.00. The molecule has 0 N–H and O–H groups in total. The van der Waals surface area contributed by atoms with Gasteiger partial charge in [-0.2, -0.15) is 0 Å². The number of carbonyl (C=O) groups is 3. The minimum absolute atomic E-state index is 0.00190. The van der Waals surface area contributed by atoms with Crippen LogP contribution in [-0.2, 0) is 19.1 Å². The van der Waals surface area contributed by atoms with E-state index in [-0.39, 0.29) is 54.4 Å². The minimum Gasteiger partial charge on any atom is -0.378 e. The lowest BCUT2D eigenvalue weighted by Crippen LogP contribution is -2.43. The fourth-order valence-corrected chi connectivity index (χ4v) is 4.36. The minimum atomic E-state index is -0.166. The van der Waals surface area contributed by atoms with E-state index < -0.39 is 0 Å². The van der Waals surface area contributed by atoms with Gasteiger partial charge < -0.3 is 9.64 Å². The molecule has 0 aromatic carbocycles. The Kier molecular flexibility index (Phi) is 3.29. The number of carbonyl (C=O) groups excluding carboxylic acids is 3. The fourth-order valence-electron chi connectivity index (χ4n) is 4.36. The summed E-state index contributed by atoms with van der Waals surface area (Å²) in [6.07, 6.45) is 5.33. The first kappa shape index (κ1) is 13.9. The van der Waals surface area contributed by atoms with Crippen molar-refractivity contribution in [3.63, 3.8) is 0 Å². The normalized spacial score (nSPS) is 36.4. The number of hydrogen-bond donors (Lipinski definition) is 0. The summed E-state index contributed by atoms with van der Waals surface area (Å²) in [5, 5.41) is 0. The standard InChI is InChI=1S/C16H20N2O4/c19-12(17-5-7-22-8-6-17)3-4-18-15(20)13-10-1-2-11(9-10)14(13)16(18)21/h1-2,10-11,13-14H,3-9H2/t10-,11+,13+,14-. The van der Waals surface area contributed by atoms with Crippen LogP contribution < -0.4 is 0 Å². The maximum atomic E-state index is 12.5. The van der Waals surface area contributed by atoms with Crippen molar-refractivity contribution in [1.29, 1.82) is 0 Å². The van der Waals surface area contributed by atoms with Gasteiger partial charge in [0.05, 0.1) is 25.0 Å². The summed E-state index contributed by atoms with van der Waals surface area (Å²) in [7, 11) is 0. The number of likely N-dealkylation sites (tertiary alicyclic amines) is 1. The van der Waals surface area contributed by atoms with Crippen LogP contribution in [0.3, 0.4) is 0 Å². The van der Waals surface area contributed by atoms with Crippen LogP contribution in [-0.4, -0.2) is 60.4 Å². The van der Waals surface area contributed by atoms with Crippen LogP contribution in [0.4, 0.5) is 0 Å². The van der Waals surface area contributed by atoms with Gasteiger partial charge in [0.25, 0.3) is 0 Å². The molecule has 2 aliphatic heterocycles. The fraction of sp³-hybridized carbons (Fsp3) is 0.688. The monoisotopic (exact) mass is 304 g/mol. The molecule has 4 atom stereocenters. The van der Waals surface area contributed by atoms with Crippen LogP contribution in [0, 0.1) is 23.7 Å². The number of allylic oxidation sites excluding steroid dienone is 2. The van der Waals surface area contributed by atoms with Crippen molar-refractivity contribution in [2.45, 2.75) is 12.8 Å². The summed E-state index contributed by atoms with van der Waals surface area (Å²) in [4.78, 5) is 40.3. The highest BCUT2D eigenvalue weighted by Crippen LogP contribution is 2.52. The zero-order chi connectivity index (χ0) is 15.3. The van der Waals surface area contributed by atoms with E-state index in [0.29, 0.717) is 26.3 Å². The van der Waals surface area contributed by atoms with E-state index in [0.717, 1.165) is 6.42 Å². The van der Waals surface area contributed by atoms with Crippen molar-refractivity contribution >= 4 is 17.7 Å². The lowest BCUT2D eigenvalue weighted by Gasteiger charge is -2.27. The van der Waals surface area contributed by atoms with Gasteiger partial charge in [0.15, 0.2) is 0 Å². The zero-order valence-electron chi connectivity index (χ0n) is 12.4. The van der Waals surface area contributed by atoms with Gasteiger partial charge >= 0.3 is 0 Å². The number of nitrogens with zero attached hydrogens (tertiary/aromatic N) is 2. The number of imide groups is 1. The van der Waals surface area contributed by atoms with Crippen LogP contribution in [0.25, 0.3) is 0 Å². The second-order valence-electron chi connectivity index (χ2n) is 6.57. The Labute approximate surface area is 129 Å². The Balaban J connectivity index is 1.39. The Morgan fingerprint density at radius 3 is 2.27 bits per heavy atom. The van der Waals surface area contributed by atoms with Crippen molar-refractivity contribution in [2.24, 2.45) is 23.7 Å². The van der Waals surface area contributed by atoms with E-state index in [2.05, 4.69) is 12.2 Å². The highest BCUT2D eigenvalue weighted by atomic mass is 16.5. The number of rotatable bonds is 3. The van der Waals surface area contributed by atoms with Crippen molar-refractivity contribution < 1.29 is 19.1 Å². The first-order valence-corrected chi connectivity index (χ1v) is 8.06. The summed E-state index contributed by atoms with van der Waals surface area (Å²) < 4.78 is 5.22. The molecule has 118 valence electrons. The zero-order valence-corrected chi connectivity index (χ0v) is 12.4. The molecule has 6 nitrogen and oxygen atoms in total. The largest absolute Gasteiger partial charge is 0.378 e. The molecule has 2 heterocycles. The first-order valence-electron chi connectivity index (χ1n) is 8.06. The molecular weight excluding hydrogens is 284 g/mol. The van der Waals surface area contributed by atoms with Crippen molar-refractivity contribution in [1.82, 2.24) is 9.80 Å². The Bertz CT molecular complexity index is 522. The number of ether oxygens (including phenoxy) is 1. The molecule has 4 aliphatic rings. The summed E-state index contributed by atoms with van der Waals surface area (Å²) in [6, 6.07) is 0. The topological polar surface area (TPSA) is 66.9 Å². The van der Waals surface area contributed by atoms with E-state index >= 15 is 0 Å². The van der Waals surface area contributed by atoms with Gasteiger partial charge in [-0.15, -0.1) is 0 Å². The van der Waals surface area contributed by atoms with Crippen LogP contribution in [0.5, 0.6) is 0 Å². The average Bonchev–Trinajstić information content (AvgIpc) is 3.21. The third-order valence-corrected chi connectivity index (χ3v) is 5.47. The molecule has 2 saturated heterocycles.